The van der Waals surface area contributed by atoms with Gasteiger partial charge < -0.3 is 20.5 Å². The van der Waals surface area contributed by atoms with E-state index in [-0.39, 0.29) is 5.91 Å². The molecular weight excluding hydrogens is 268 g/mol. The number of rotatable bonds is 6. The van der Waals surface area contributed by atoms with Gasteiger partial charge in [0.15, 0.2) is 0 Å². The van der Waals surface area contributed by atoms with Crippen LogP contribution in [0, 0.1) is 0 Å². The van der Waals surface area contributed by atoms with Gasteiger partial charge in [-0.3, -0.25) is 4.79 Å². The number of benzene rings is 2. The number of nitrogens with one attached hydrogen (secondary N) is 1. The van der Waals surface area contributed by atoms with E-state index in [9.17, 15) is 4.79 Å². The second kappa shape index (κ2) is 7.31. The average molecular weight is 286 g/mol. The van der Waals surface area contributed by atoms with Crippen molar-refractivity contribution in [2.45, 2.75) is 0 Å². The first kappa shape index (κ1) is 14.9. The standard InChI is InChI=1S/C16H18N2O3/c1-20-13-6-4-5-12(11-13)16(19)18-14-7-2-3-8-15(14)21-10-9-17/h2-8,11H,9-10,17H2,1H3,(H,18,19). The molecule has 0 aromatic heterocycles. The Morgan fingerprint density at radius 2 is 2.00 bits per heavy atom. The molecule has 3 N–H and O–H groups in total. The molecule has 0 aliphatic carbocycles. The molecule has 5 nitrogen and oxygen atoms in total. The molecule has 0 fully saturated rings. The predicted octanol–water partition coefficient (Wildman–Crippen LogP) is 2.29. The Morgan fingerprint density at radius 3 is 2.76 bits per heavy atom. The third-order valence-electron chi connectivity index (χ3n) is 2.84. The SMILES string of the molecule is COc1cccc(C(=O)Nc2ccccc2OCCN)c1. The van der Waals surface area contributed by atoms with Crippen LogP contribution in [-0.4, -0.2) is 26.2 Å². The van der Waals surface area contributed by atoms with E-state index in [4.69, 9.17) is 15.2 Å². The minimum Gasteiger partial charge on any atom is -0.497 e. The number of para-hydroxylation sites is 2. The van der Waals surface area contributed by atoms with Gasteiger partial charge in [0.2, 0.25) is 0 Å². The van der Waals surface area contributed by atoms with Gasteiger partial charge in [0.25, 0.3) is 5.91 Å². The van der Waals surface area contributed by atoms with Crippen molar-refractivity contribution < 1.29 is 14.3 Å². The molecule has 110 valence electrons. The fourth-order valence-corrected chi connectivity index (χ4v) is 1.82. The van der Waals surface area contributed by atoms with E-state index in [1.54, 1.807) is 43.5 Å². The Morgan fingerprint density at radius 1 is 1.19 bits per heavy atom. The summed E-state index contributed by atoms with van der Waals surface area (Å²) in [7, 11) is 1.56. The van der Waals surface area contributed by atoms with Crippen LogP contribution in [-0.2, 0) is 0 Å². The molecule has 0 aliphatic rings. The summed E-state index contributed by atoms with van der Waals surface area (Å²) < 4.78 is 10.6. The van der Waals surface area contributed by atoms with Gasteiger partial charge in [-0.05, 0) is 30.3 Å². The number of carbonyl (C=O) groups is 1. The summed E-state index contributed by atoms with van der Waals surface area (Å²) in [6.45, 7) is 0.810. The number of nitrogens with two attached hydrogens (primary N) is 1. The highest BCUT2D eigenvalue weighted by Crippen LogP contribution is 2.24. The number of amides is 1. The second-order valence-electron chi connectivity index (χ2n) is 4.32. The van der Waals surface area contributed by atoms with Crippen LogP contribution in [0.2, 0.25) is 0 Å². The van der Waals surface area contributed by atoms with Gasteiger partial charge in [0.1, 0.15) is 18.1 Å². The summed E-state index contributed by atoms with van der Waals surface area (Å²) in [5, 5.41) is 2.83. The lowest BCUT2D eigenvalue weighted by Crippen LogP contribution is -2.15. The van der Waals surface area contributed by atoms with E-state index in [1.807, 2.05) is 12.1 Å². The van der Waals surface area contributed by atoms with Crippen molar-refractivity contribution in [3.8, 4) is 11.5 Å². The maximum atomic E-state index is 12.3. The Balaban J connectivity index is 2.15. The minimum atomic E-state index is -0.224. The molecule has 2 aromatic rings. The first-order valence-corrected chi connectivity index (χ1v) is 6.62. The number of ether oxygens (including phenoxy) is 2. The lowest BCUT2D eigenvalue weighted by atomic mass is 10.2. The molecule has 0 heterocycles. The highest BCUT2D eigenvalue weighted by Gasteiger charge is 2.10. The van der Waals surface area contributed by atoms with Crippen LogP contribution < -0.4 is 20.5 Å². The van der Waals surface area contributed by atoms with Crippen molar-refractivity contribution in [2.24, 2.45) is 5.73 Å². The molecule has 21 heavy (non-hydrogen) atoms. The van der Waals surface area contributed by atoms with E-state index < -0.39 is 0 Å². The number of hydrogen-bond donors (Lipinski definition) is 2. The molecule has 0 aliphatic heterocycles. The van der Waals surface area contributed by atoms with Gasteiger partial charge in [-0.1, -0.05) is 18.2 Å². The lowest BCUT2D eigenvalue weighted by Gasteiger charge is -2.12. The highest BCUT2D eigenvalue weighted by atomic mass is 16.5. The van der Waals surface area contributed by atoms with Crippen LogP contribution in [0.5, 0.6) is 11.5 Å². The lowest BCUT2D eigenvalue weighted by molar-refractivity contribution is 0.102. The topological polar surface area (TPSA) is 73.6 Å². The predicted molar refractivity (Wildman–Crippen MR) is 81.9 cm³/mol. The third kappa shape index (κ3) is 3.97. The van der Waals surface area contributed by atoms with Crippen molar-refractivity contribution in [3.05, 3.63) is 54.1 Å². The van der Waals surface area contributed by atoms with Gasteiger partial charge in [0.05, 0.1) is 12.8 Å². The molecule has 0 saturated heterocycles. The first-order valence-electron chi connectivity index (χ1n) is 6.62. The fourth-order valence-electron chi connectivity index (χ4n) is 1.82. The van der Waals surface area contributed by atoms with Crippen LogP contribution >= 0.6 is 0 Å². The molecule has 2 aromatic carbocycles. The highest BCUT2D eigenvalue weighted by molar-refractivity contribution is 6.05. The molecule has 0 saturated carbocycles. The zero-order chi connectivity index (χ0) is 15.1. The van der Waals surface area contributed by atoms with E-state index in [2.05, 4.69) is 5.32 Å². The molecule has 2 rings (SSSR count). The van der Waals surface area contributed by atoms with Gasteiger partial charge >= 0.3 is 0 Å². The maximum Gasteiger partial charge on any atom is 0.255 e. The number of anilines is 1. The van der Waals surface area contributed by atoms with E-state index >= 15 is 0 Å². The van der Waals surface area contributed by atoms with Crippen molar-refractivity contribution in [3.63, 3.8) is 0 Å². The Kier molecular flexibility index (Phi) is 5.17. The molecule has 0 atom stereocenters. The summed E-state index contributed by atoms with van der Waals surface area (Å²) in [6, 6.07) is 14.2. The average Bonchev–Trinajstić information content (AvgIpc) is 2.54. The number of methoxy groups -OCH3 is 1. The summed E-state index contributed by atoms with van der Waals surface area (Å²) in [6.07, 6.45) is 0. The molecule has 0 radical (unpaired) electrons. The van der Waals surface area contributed by atoms with E-state index in [0.29, 0.717) is 35.9 Å². The van der Waals surface area contributed by atoms with Crippen LogP contribution in [0.3, 0.4) is 0 Å². The molecule has 0 spiro atoms. The largest absolute Gasteiger partial charge is 0.497 e. The quantitative estimate of drug-likeness (QED) is 0.854. The van der Waals surface area contributed by atoms with E-state index in [1.165, 1.54) is 0 Å². The van der Waals surface area contributed by atoms with Crippen LogP contribution in [0.1, 0.15) is 10.4 Å². The molecule has 0 unspecified atom stereocenters. The van der Waals surface area contributed by atoms with Crippen LogP contribution in [0.25, 0.3) is 0 Å². The van der Waals surface area contributed by atoms with Gasteiger partial charge in [-0.25, -0.2) is 0 Å². The fraction of sp³-hybridized carbons (Fsp3) is 0.188. The van der Waals surface area contributed by atoms with Crippen molar-refractivity contribution >= 4 is 11.6 Å². The Labute approximate surface area is 123 Å². The Bertz CT molecular complexity index is 614. The van der Waals surface area contributed by atoms with Crippen molar-refractivity contribution in [1.82, 2.24) is 0 Å². The molecule has 1 amide bonds. The van der Waals surface area contributed by atoms with E-state index in [0.717, 1.165) is 0 Å². The monoisotopic (exact) mass is 286 g/mol. The maximum absolute atomic E-state index is 12.3. The van der Waals surface area contributed by atoms with Gasteiger partial charge in [0, 0.05) is 12.1 Å². The molecular formula is C16H18N2O3. The zero-order valence-corrected chi connectivity index (χ0v) is 11.8. The van der Waals surface area contributed by atoms with Gasteiger partial charge in [-0.2, -0.15) is 0 Å². The van der Waals surface area contributed by atoms with Crippen molar-refractivity contribution in [2.75, 3.05) is 25.6 Å². The first-order chi connectivity index (χ1) is 10.2. The molecule has 0 bridgehead atoms. The summed E-state index contributed by atoms with van der Waals surface area (Å²) in [5.74, 6) is 1.01. The molecule has 5 heteroatoms. The van der Waals surface area contributed by atoms with Gasteiger partial charge in [-0.15, -0.1) is 0 Å². The summed E-state index contributed by atoms with van der Waals surface area (Å²) >= 11 is 0. The van der Waals surface area contributed by atoms with Crippen LogP contribution in [0.15, 0.2) is 48.5 Å². The smallest absolute Gasteiger partial charge is 0.255 e. The second-order valence-corrected chi connectivity index (χ2v) is 4.32. The van der Waals surface area contributed by atoms with Crippen molar-refractivity contribution in [1.29, 1.82) is 0 Å². The zero-order valence-electron chi connectivity index (χ0n) is 11.8. The normalized spacial score (nSPS) is 10.0. The Hall–Kier alpha value is -2.53. The number of carbonyl (C=O) groups excluding carboxylic acids is 1. The minimum absolute atomic E-state index is 0.224. The van der Waals surface area contributed by atoms with Crippen LogP contribution in [0.4, 0.5) is 5.69 Å². The summed E-state index contributed by atoms with van der Waals surface area (Å²) in [4.78, 5) is 12.3. The summed E-state index contributed by atoms with van der Waals surface area (Å²) in [5.41, 5.74) is 6.55. The number of hydrogen-bond acceptors (Lipinski definition) is 4. The third-order valence-corrected chi connectivity index (χ3v) is 2.84.